The number of hydrogen-bond donors (Lipinski definition) is 4. The van der Waals surface area contributed by atoms with Crippen LogP contribution in [0.4, 0.5) is 0 Å². The van der Waals surface area contributed by atoms with Gasteiger partial charge in [0.05, 0.1) is 24.1 Å². The van der Waals surface area contributed by atoms with Crippen molar-refractivity contribution < 1.29 is 27.3 Å². The molecule has 11 heteroatoms. The van der Waals surface area contributed by atoms with Crippen molar-refractivity contribution in [1.82, 2.24) is 20.8 Å². The Bertz CT molecular complexity index is 1370. The molecule has 39 heavy (non-hydrogen) atoms. The summed E-state index contributed by atoms with van der Waals surface area (Å²) >= 11 is 0. The molecule has 2 amide bonds. The van der Waals surface area contributed by atoms with Crippen LogP contribution in [0.2, 0.25) is 0 Å². The maximum absolute atomic E-state index is 12.8. The van der Waals surface area contributed by atoms with Crippen molar-refractivity contribution in [1.29, 1.82) is 0 Å². The molecule has 1 unspecified atom stereocenters. The molecule has 0 bridgehead atoms. The van der Waals surface area contributed by atoms with E-state index in [1.807, 2.05) is 30.3 Å². The molecular formula is C28H34N4O6S. The zero-order chi connectivity index (χ0) is 27.7. The number of benzene rings is 2. The molecule has 0 saturated carbocycles. The number of sulfonamides is 1. The Morgan fingerprint density at radius 1 is 1.05 bits per heavy atom. The lowest BCUT2D eigenvalue weighted by Crippen LogP contribution is -2.42. The Morgan fingerprint density at radius 3 is 2.67 bits per heavy atom. The summed E-state index contributed by atoms with van der Waals surface area (Å²) in [7, 11) is -3.52. The summed E-state index contributed by atoms with van der Waals surface area (Å²) in [6, 6.07) is 17.9. The summed E-state index contributed by atoms with van der Waals surface area (Å²) in [5, 5.41) is 5.40. The maximum atomic E-state index is 12.8. The molecule has 0 spiro atoms. The second-order valence-corrected chi connectivity index (χ2v) is 11.1. The molecule has 2 aromatic carbocycles. The third-order valence-electron chi connectivity index (χ3n) is 6.48. The highest BCUT2D eigenvalue weighted by atomic mass is 32.2. The van der Waals surface area contributed by atoms with E-state index in [0.29, 0.717) is 36.5 Å². The molecule has 4 rings (SSSR count). The Morgan fingerprint density at radius 2 is 1.87 bits per heavy atom. The average Bonchev–Trinajstić information content (AvgIpc) is 3.55. The summed E-state index contributed by atoms with van der Waals surface area (Å²) < 4.78 is 32.4. The van der Waals surface area contributed by atoms with Crippen LogP contribution in [-0.4, -0.2) is 33.4 Å². The predicted molar refractivity (Wildman–Crippen MR) is 146 cm³/mol. The van der Waals surface area contributed by atoms with Crippen molar-refractivity contribution in [2.45, 2.75) is 50.7 Å². The number of carbonyl (C=O) groups is 2. The second kappa shape index (κ2) is 13.5. The topological polar surface area (TPSA) is 139 Å². The highest BCUT2D eigenvalue weighted by Gasteiger charge is 2.26. The van der Waals surface area contributed by atoms with Crippen molar-refractivity contribution in [3.05, 3.63) is 77.6 Å². The van der Waals surface area contributed by atoms with Crippen LogP contribution in [0.5, 0.6) is 0 Å². The van der Waals surface area contributed by atoms with Crippen molar-refractivity contribution in [2.24, 2.45) is 5.92 Å². The molecule has 10 nitrogen and oxygen atoms in total. The lowest BCUT2D eigenvalue weighted by atomic mass is 10.0. The molecule has 208 valence electrons. The van der Waals surface area contributed by atoms with Gasteiger partial charge in [0, 0.05) is 18.7 Å². The molecule has 1 atom stereocenters. The summed E-state index contributed by atoms with van der Waals surface area (Å²) in [6.07, 6.45) is 3.68. The van der Waals surface area contributed by atoms with Crippen LogP contribution in [0.15, 0.2) is 70.0 Å². The summed E-state index contributed by atoms with van der Waals surface area (Å²) in [4.78, 5) is 31.2. The van der Waals surface area contributed by atoms with E-state index < -0.39 is 15.9 Å². The quantitative estimate of drug-likeness (QED) is 0.136. The number of amides is 2. The summed E-state index contributed by atoms with van der Waals surface area (Å²) in [5.41, 5.74) is 5.16. The second-order valence-electron chi connectivity index (χ2n) is 9.35. The van der Waals surface area contributed by atoms with E-state index in [4.69, 9.17) is 9.25 Å². The molecule has 0 saturated heterocycles. The Balaban J connectivity index is 1.26. The smallest absolute Gasteiger partial charge is 0.288 e. The Hall–Kier alpha value is -3.51. The summed E-state index contributed by atoms with van der Waals surface area (Å²) in [6.45, 7) is 3.04. The van der Waals surface area contributed by atoms with Gasteiger partial charge in [-0.15, -0.1) is 0 Å². The monoisotopic (exact) mass is 554 g/mol. The largest absolute Gasteiger partial charge is 0.451 e. The standard InChI is InChI=1S/C28H34N4O6S/c1-2-3-5-10-23(16-31-37-18-20-8-6-4-7-9-20)27(33)29-19-30-28(34)25-14-13-24(38-25)21-11-12-22-17-32-39(35,36)26(22)15-21/h4,6-9,11-15,23,31-32H,2-3,5,10,16-19H2,1H3,(H,29,33)(H,30,34). The zero-order valence-corrected chi connectivity index (χ0v) is 22.7. The average molecular weight is 555 g/mol. The minimum Gasteiger partial charge on any atom is -0.451 e. The number of hydroxylamine groups is 1. The molecule has 1 aliphatic rings. The maximum Gasteiger partial charge on any atom is 0.288 e. The molecule has 3 aromatic rings. The van der Waals surface area contributed by atoms with Crippen molar-refractivity contribution in [3.63, 3.8) is 0 Å². The van der Waals surface area contributed by atoms with E-state index in [9.17, 15) is 18.0 Å². The molecule has 1 aromatic heterocycles. The van der Waals surface area contributed by atoms with Gasteiger partial charge in [-0.25, -0.2) is 18.6 Å². The van der Waals surface area contributed by atoms with Crippen molar-refractivity contribution >= 4 is 21.8 Å². The fourth-order valence-electron chi connectivity index (χ4n) is 4.25. The van der Waals surface area contributed by atoms with E-state index in [1.165, 1.54) is 12.1 Å². The lowest BCUT2D eigenvalue weighted by Gasteiger charge is -2.17. The Labute approximate surface area is 228 Å². The highest BCUT2D eigenvalue weighted by molar-refractivity contribution is 7.89. The van der Waals surface area contributed by atoms with Gasteiger partial charge in [-0.1, -0.05) is 68.7 Å². The zero-order valence-electron chi connectivity index (χ0n) is 21.9. The van der Waals surface area contributed by atoms with Crippen LogP contribution in [0.1, 0.15) is 54.3 Å². The first-order valence-electron chi connectivity index (χ1n) is 13.0. The van der Waals surface area contributed by atoms with Gasteiger partial charge >= 0.3 is 0 Å². The molecule has 4 N–H and O–H groups in total. The molecule has 2 heterocycles. The van der Waals surface area contributed by atoms with E-state index >= 15 is 0 Å². The van der Waals surface area contributed by atoms with Gasteiger partial charge in [-0.3, -0.25) is 14.4 Å². The summed E-state index contributed by atoms with van der Waals surface area (Å²) in [5.74, 6) is -0.577. The molecule has 0 fully saturated rings. The Kier molecular flexibility index (Phi) is 9.88. The van der Waals surface area contributed by atoms with Gasteiger partial charge in [0.15, 0.2) is 5.76 Å². The third-order valence-corrected chi connectivity index (χ3v) is 7.96. The number of fused-ring (bicyclic) bond motifs is 1. The van der Waals surface area contributed by atoms with E-state index in [2.05, 4.69) is 27.8 Å². The van der Waals surface area contributed by atoms with Gasteiger partial charge in [0.25, 0.3) is 5.91 Å². The van der Waals surface area contributed by atoms with E-state index in [-0.39, 0.29) is 35.7 Å². The van der Waals surface area contributed by atoms with Gasteiger partial charge in [0.1, 0.15) is 5.76 Å². The lowest BCUT2D eigenvalue weighted by molar-refractivity contribution is -0.126. The van der Waals surface area contributed by atoms with Crippen LogP contribution < -0.4 is 20.8 Å². The number of rotatable bonds is 14. The number of unbranched alkanes of at least 4 members (excludes halogenated alkanes) is 2. The molecular weight excluding hydrogens is 520 g/mol. The first-order valence-corrected chi connectivity index (χ1v) is 14.5. The van der Waals surface area contributed by atoms with Crippen LogP contribution in [0.3, 0.4) is 0 Å². The van der Waals surface area contributed by atoms with Crippen LogP contribution >= 0.6 is 0 Å². The van der Waals surface area contributed by atoms with Gasteiger partial charge in [0.2, 0.25) is 15.9 Å². The van der Waals surface area contributed by atoms with Gasteiger partial charge < -0.3 is 15.1 Å². The SMILES string of the molecule is CCCCCC(CNOCc1ccccc1)C(=O)NCNC(=O)c1ccc(-c2ccc3c(c2)S(=O)(=O)NC3)o1. The van der Waals surface area contributed by atoms with Crippen LogP contribution in [-0.2, 0) is 32.8 Å². The highest BCUT2D eigenvalue weighted by Crippen LogP contribution is 2.29. The van der Waals surface area contributed by atoms with Gasteiger partial charge in [-0.05, 0) is 35.7 Å². The van der Waals surface area contributed by atoms with Gasteiger partial charge in [-0.2, -0.15) is 0 Å². The number of furan rings is 1. The fraction of sp³-hybridized carbons (Fsp3) is 0.357. The van der Waals surface area contributed by atoms with Crippen LogP contribution in [0.25, 0.3) is 11.3 Å². The predicted octanol–water partition coefficient (Wildman–Crippen LogP) is 3.46. The minimum absolute atomic E-state index is 0.0520. The first kappa shape index (κ1) is 28.5. The van der Waals surface area contributed by atoms with Crippen molar-refractivity contribution in [3.8, 4) is 11.3 Å². The third kappa shape index (κ3) is 7.76. The normalized spacial score (nSPS) is 14.5. The minimum atomic E-state index is -3.52. The number of hydrogen-bond acceptors (Lipinski definition) is 7. The first-order chi connectivity index (χ1) is 18.9. The molecule has 1 aliphatic heterocycles. The van der Waals surface area contributed by atoms with E-state index in [1.54, 1.807) is 18.2 Å². The number of nitrogens with one attached hydrogen (secondary N) is 4. The van der Waals surface area contributed by atoms with Crippen LogP contribution in [0, 0.1) is 5.92 Å². The van der Waals surface area contributed by atoms with E-state index in [0.717, 1.165) is 24.8 Å². The molecule has 0 aliphatic carbocycles. The fourth-order valence-corrected chi connectivity index (χ4v) is 5.52. The molecule has 0 radical (unpaired) electrons. The van der Waals surface area contributed by atoms with Crippen molar-refractivity contribution in [2.75, 3.05) is 13.2 Å². The number of carbonyl (C=O) groups excluding carboxylic acids is 2.